The summed E-state index contributed by atoms with van der Waals surface area (Å²) in [7, 11) is -3.72. The highest BCUT2D eigenvalue weighted by atomic mass is 32.2. The Morgan fingerprint density at radius 3 is 2.32 bits per heavy atom. The van der Waals surface area contributed by atoms with Crippen LogP contribution in [0.1, 0.15) is 0 Å². The van der Waals surface area contributed by atoms with Crippen LogP contribution >= 0.6 is 11.8 Å². The number of hydrogen-bond donors (Lipinski definition) is 1. The van der Waals surface area contributed by atoms with E-state index in [4.69, 9.17) is 0 Å². The number of nitrogens with zero attached hydrogens (tertiary/aromatic N) is 3. The third kappa shape index (κ3) is 3.23. The summed E-state index contributed by atoms with van der Waals surface area (Å²) in [5.41, 5.74) is 0.985. The Balaban J connectivity index is 2.03. The topological polar surface area (TPSA) is 97.7 Å². The average molecular weight is 412 g/mol. The van der Waals surface area contributed by atoms with Gasteiger partial charge in [-0.15, -0.1) is 11.8 Å². The van der Waals surface area contributed by atoms with E-state index in [9.17, 15) is 13.2 Å². The van der Waals surface area contributed by atoms with Gasteiger partial charge in [0.15, 0.2) is 20.5 Å². The van der Waals surface area contributed by atoms with Crippen molar-refractivity contribution in [3.8, 4) is 17.1 Å². The predicted molar refractivity (Wildman–Crippen MR) is 110 cm³/mol. The molecule has 0 aliphatic heterocycles. The first-order valence-corrected chi connectivity index (χ1v) is 11.4. The minimum atomic E-state index is -3.72. The number of sulfone groups is 1. The van der Waals surface area contributed by atoms with Crippen LogP contribution in [0.2, 0.25) is 0 Å². The lowest BCUT2D eigenvalue weighted by molar-refractivity contribution is 0.597. The standard InChI is InChI=1S/C19H16N4O3S2/c1-27-14-10-8-12(9-11-14)16-20-17-15(18(24)21-16)19(28(2,25)26)22-23(17)13-6-4-3-5-7-13/h3-11H,1-2H3,(H,20,21,24). The van der Waals surface area contributed by atoms with E-state index in [2.05, 4.69) is 15.1 Å². The molecule has 4 aromatic rings. The Morgan fingerprint density at radius 2 is 1.71 bits per heavy atom. The molecular formula is C19H16N4O3S2. The molecule has 0 radical (unpaired) electrons. The number of H-pyrrole nitrogens is 1. The van der Waals surface area contributed by atoms with E-state index in [1.165, 1.54) is 4.68 Å². The Bertz CT molecular complexity index is 1330. The summed E-state index contributed by atoms with van der Waals surface area (Å²) in [6, 6.07) is 16.6. The predicted octanol–water partition coefficient (Wildman–Crippen LogP) is 2.90. The fourth-order valence-corrected chi connectivity index (χ4v) is 4.08. The van der Waals surface area contributed by atoms with Crippen molar-refractivity contribution >= 4 is 32.6 Å². The van der Waals surface area contributed by atoms with E-state index >= 15 is 0 Å². The maximum atomic E-state index is 12.8. The fourth-order valence-electron chi connectivity index (χ4n) is 2.89. The number of benzene rings is 2. The Morgan fingerprint density at radius 1 is 1.04 bits per heavy atom. The van der Waals surface area contributed by atoms with Crippen molar-refractivity contribution in [3.05, 3.63) is 65.0 Å². The van der Waals surface area contributed by atoms with Gasteiger partial charge in [0.05, 0.1) is 5.69 Å². The van der Waals surface area contributed by atoms with Crippen LogP contribution in [0.5, 0.6) is 0 Å². The van der Waals surface area contributed by atoms with Crippen molar-refractivity contribution in [3.63, 3.8) is 0 Å². The van der Waals surface area contributed by atoms with Gasteiger partial charge in [0.25, 0.3) is 5.56 Å². The summed E-state index contributed by atoms with van der Waals surface area (Å²) < 4.78 is 25.8. The van der Waals surface area contributed by atoms with Gasteiger partial charge in [-0.1, -0.05) is 30.3 Å². The first-order chi connectivity index (χ1) is 13.4. The van der Waals surface area contributed by atoms with E-state index in [0.29, 0.717) is 11.5 Å². The van der Waals surface area contributed by atoms with E-state index in [1.54, 1.807) is 36.0 Å². The quantitative estimate of drug-likeness (QED) is 0.518. The zero-order valence-electron chi connectivity index (χ0n) is 15.1. The number of fused-ring (bicyclic) bond motifs is 1. The van der Waals surface area contributed by atoms with Crippen molar-refractivity contribution in [1.82, 2.24) is 19.7 Å². The molecule has 2 heterocycles. The van der Waals surface area contributed by atoms with Crippen LogP contribution in [-0.2, 0) is 9.84 Å². The molecule has 142 valence electrons. The smallest absolute Gasteiger partial charge is 0.263 e. The summed E-state index contributed by atoms with van der Waals surface area (Å²) in [6.07, 6.45) is 3.00. The zero-order valence-corrected chi connectivity index (χ0v) is 16.7. The van der Waals surface area contributed by atoms with Gasteiger partial charge in [-0.2, -0.15) is 5.10 Å². The number of hydrogen-bond acceptors (Lipinski definition) is 6. The Kier molecular flexibility index (Phi) is 4.56. The van der Waals surface area contributed by atoms with E-state index in [1.807, 2.05) is 36.6 Å². The number of para-hydroxylation sites is 1. The molecule has 4 rings (SSSR count). The lowest BCUT2D eigenvalue weighted by Crippen LogP contribution is -2.12. The maximum absolute atomic E-state index is 12.8. The van der Waals surface area contributed by atoms with E-state index in [-0.39, 0.29) is 16.1 Å². The second-order valence-electron chi connectivity index (χ2n) is 6.17. The first-order valence-electron chi connectivity index (χ1n) is 8.31. The normalized spacial score (nSPS) is 11.8. The number of thioether (sulfide) groups is 1. The molecular weight excluding hydrogens is 396 g/mol. The van der Waals surface area contributed by atoms with Crippen LogP contribution < -0.4 is 5.56 Å². The largest absolute Gasteiger partial charge is 0.306 e. The van der Waals surface area contributed by atoms with Gasteiger partial charge in [0.2, 0.25) is 0 Å². The van der Waals surface area contributed by atoms with Gasteiger partial charge in [0, 0.05) is 16.7 Å². The van der Waals surface area contributed by atoms with Crippen molar-refractivity contribution in [2.24, 2.45) is 0 Å². The SMILES string of the molecule is CSc1ccc(-c2nc3c(c(S(C)(=O)=O)nn3-c3ccccc3)c(=O)[nH]2)cc1. The monoisotopic (exact) mass is 412 g/mol. The van der Waals surface area contributed by atoms with E-state index in [0.717, 1.165) is 16.7 Å². The van der Waals surface area contributed by atoms with Crippen molar-refractivity contribution < 1.29 is 8.42 Å². The van der Waals surface area contributed by atoms with Crippen LogP contribution in [0.25, 0.3) is 28.1 Å². The molecule has 0 aliphatic carbocycles. The molecule has 0 aliphatic rings. The molecule has 0 atom stereocenters. The highest BCUT2D eigenvalue weighted by Crippen LogP contribution is 2.25. The number of nitrogens with one attached hydrogen (secondary N) is 1. The van der Waals surface area contributed by atoms with Crippen LogP contribution in [-0.4, -0.2) is 40.7 Å². The Labute approximate surface area is 165 Å². The molecule has 0 saturated heterocycles. The minimum absolute atomic E-state index is 0.0455. The molecule has 0 saturated carbocycles. The Hall–Kier alpha value is -2.91. The maximum Gasteiger partial charge on any atom is 0.263 e. The highest BCUT2D eigenvalue weighted by molar-refractivity contribution is 7.98. The molecule has 0 unspecified atom stereocenters. The van der Waals surface area contributed by atoms with E-state index < -0.39 is 15.4 Å². The van der Waals surface area contributed by atoms with Crippen molar-refractivity contribution in [1.29, 1.82) is 0 Å². The molecule has 0 amide bonds. The fraction of sp³-hybridized carbons (Fsp3) is 0.105. The number of aromatic amines is 1. The lowest BCUT2D eigenvalue weighted by atomic mass is 10.2. The van der Waals surface area contributed by atoms with Gasteiger partial charge >= 0.3 is 0 Å². The second kappa shape index (κ2) is 6.92. The second-order valence-corrected chi connectivity index (χ2v) is 8.98. The summed E-state index contributed by atoms with van der Waals surface area (Å²) in [5.74, 6) is 0.349. The molecule has 1 N–H and O–H groups in total. The summed E-state index contributed by atoms with van der Waals surface area (Å²) in [5, 5.41) is 3.86. The van der Waals surface area contributed by atoms with Gasteiger partial charge < -0.3 is 4.98 Å². The molecule has 2 aromatic carbocycles. The average Bonchev–Trinajstić information content (AvgIpc) is 3.09. The molecule has 0 bridgehead atoms. The van der Waals surface area contributed by atoms with Crippen LogP contribution in [0.3, 0.4) is 0 Å². The van der Waals surface area contributed by atoms with Crippen LogP contribution in [0.4, 0.5) is 0 Å². The lowest BCUT2D eigenvalue weighted by Gasteiger charge is -2.05. The third-order valence-corrected chi connectivity index (χ3v) is 5.95. The molecule has 28 heavy (non-hydrogen) atoms. The molecule has 2 aromatic heterocycles. The zero-order chi connectivity index (χ0) is 19.9. The minimum Gasteiger partial charge on any atom is -0.306 e. The summed E-state index contributed by atoms with van der Waals surface area (Å²) >= 11 is 1.61. The molecule has 0 fully saturated rings. The molecule has 7 nitrogen and oxygen atoms in total. The number of aromatic nitrogens is 4. The summed E-state index contributed by atoms with van der Waals surface area (Å²) in [4.78, 5) is 21.1. The van der Waals surface area contributed by atoms with Gasteiger partial charge in [-0.25, -0.2) is 18.1 Å². The van der Waals surface area contributed by atoms with Crippen LogP contribution in [0.15, 0.2) is 69.3 Å². The van der Waals surface area contributed by atoms with Gasteiger partial charge in [-0.05, 0) is 30.5 Å². The summed E-state index contributed by atoms with van der Waals surface area (Å²) in [6.45, 7) is 0. The van der Waals surface area contributed by atoms with Crippen molar-refractivity contribution in [2.75, 3.05) is 12.5 Å². The van der Waals surface area contributed by atoms with Crippen LogP contribution in [0, 0.1) is 0 Å². The number of rotatable bonds is 4. The highest BCUT2D eigenvalue weighted by Gasteiger charge is 2.24. The third-order valence-electron chi connectivity index (χ3n) is 4.22. The first kappa shape index (κ1) is 18.5. The van der Waals surface area contributed by atoms with Gasteiger partial charge in [0.1, 0.15) is 11.2 Å². The van der Waals surface area contributed by atoms with Gasteiger partial charge in [-0.3, -0.25) is 4.79 Å². The molecule has 9 heteroatoms. The van der Waals surface area contributed by atoms with Crippen molar-refractivity contribution in [2.45, 2.75) is 9.92 Å². The molecule has 0 spiro atoms.